The molecule has 2 aromatic rings. The lowest BCUT2D eigenvalue weighted by atomic mass is 10.1. The van der Waals surface area contributed by atoms with Gasteiger partial charge in [0.2, 0.25) is 5.56 Å². The number of piperidine rings is 1. The molecule has 8 nitrogen and oxygen atoms in total. The number of nitrogens with one attached hydrogen (secondary N) is 1. The van der Waals surface area contributed by atoms with Gasteiger partial charge >= 0.3 is 12.3 Å². The van der Waals surface area contributed by atoms with E-state index in [1.165, 1.54) is 30.1 Å². The number of aromatic amines is 1. The fourth-order valence-corrected chi connectivity index (χ4v) is 3.50. The molecule has 0 unspecified atom stereocenters. The number of hydrogen-bond donors (Lipinski definition) is 1. The summed E-state index contributed by atoms with van der Waals surface area (Å²) < 4.78 is 44.4. The van der Waals surface area contributed by atoms with Gasteiger partial charge in [-0.1, -0.05) is 5.16 Å². The highest BCUT2D eigenvalue weighted by molar-refractivity contribution is 7.97. The van der Waals surface area contributed by atoms with E-state index in [0.717, 1.165) is 42.1 Å². The minimum atomic E-state index is -3.81. The molecular formula is C20H20F3N3O5S. The number of H-pyrrole nitrogens is 1. The van der Waals surface area contributed by atoms with Gasteiger partial charge in [-0.2, -0.15) is 18.4 Å². The zero-order valence-corrected chi connectivity index (χ0v) is 17.6. The van der Waals surface area contributed by atoms with Crippen LogP contribution in [0.3, 0.4) is 0 Å². The summed E-state index contributed by atoms with van der Waals surface area (Å²) in [5.41, 5.74) is 1.63. The number of rotatable bonds is 8. The first-order valence-electron chi connectivity index (χ1n) is 9.35. The SMILES string of the molecule is O=C=O.O=c1ccc(CON=C2CCN(Sc3ccc(OC(F)(F)CF)cc3)CC2)c[nH]1. The predicted molar refractivity (Wildman–Crippen MR) is 109 cm³/mol. The van der Waals surface area contributed by atoms with Crippen molar-refractivity contribution in [3.8, 4) is 5.75 Å². The Morgan fingerprint density at radius 1 is 1.12 bits per heavy atom. The van der Waals surface area contributed by atoms with Crippen LogP contribution >= 0.6 is 11.9 Å². The van der Waals surface area contributed by atoms with Crippen LogP contribution in [-0.2, 0) is 21.0 Å². The van der Waals surface area contributed by atoms with Crippen LogP contribution in [0, 0.1) is 0 Å². The Hall–Kier alpha value is -3.08. The lowest BCUT2D eigenvalue weighted by Gasteiger charge is -2.26. The highest BCUT2D eigenvalue weighted by Gasteiger charge is 2.31. The summed E-state index contributed by atoms with van der Waals surface area (Å²) >= 11 is 1.51. The molecule has 1 N–H and O–H groups in total. The molecule has 0 atom stereocenters. The Labute approximate surface area is 185 Å². The molecule has 1 saturated heterocycles. The quantitative estimate of drug-likeness (QED) is 0.465. The van der Waals surface area contributed by atoms with Crippen molar-refractivity contribution in [1.29, 1.82) is 0 Å². The molecule has 0 saturated carbocycles. The Morgan fingerprint density at radius 3 is 2.34 bits per heavy atom. The summed E-state index contributed by atoms with van der Waals surface area (Å²) in [6.07, 6.45) is -0.459. The molecular weight excluding hydrogens is 451 g/mol. The number of pyridine rings is 1. The summed E-state index contributed by atoms with van der Waals surface area (Å²) in [6, 6.07) is 9.23. The van der Waals surface area contributed by atoms with Gasteiger partial charge in [0, 0.05) is 48.7 Å². The third-order valence-electron chi connectivity index (χ3n) is 4.05. The number of oxime groups is 1. The molecule has 3 rings (SSSR count). The van der Waals surface area contributed by atoms with E-state index in [-0.39, 0.29) is 24.1 Å². The van der Waals surface area contributed by atoms with Crippen molar-refractivity contribution in [2.75, 3.05) is 19.8 Å². The molecule has 0 spiro atoms. The number of halogens is 3. The summed E-state index contributed by atoms with van der Waals surface area (Å²) in [4.78, 5) is 36.1. The van der Waals surface area contributed by atoms with E-state index in [1.54, 1.807) is 24.4 Å². The van der Waals surface area contributed by atoms with E-state index in [0.29, 0.717) is 0 Å². The van der Waals surface area contributed by atoms with Crippen molar-refractivity contribution in [2.45, 2.75) is 30.5 Å². The van der Waals surface area contributed by atoms with E-state index in [9.17, 15) is 18.0 Å². The van der Waals surface area contributed by atoms with Crippen molar-refractivity contribution >= 4 is 23.8 Å². The van der Waals surface area contributed by atoms with Crippen molar-refractivity contribution in [3.05, 3.63) is 58.5 Å². The fraction of sp³-hybridized carbons (Fsp3) is 0.350. The first kappa shape index (κ1) is 25.2. The molecule has 32 heavy (non-hydrogen) atoms. The van der Waals surface area contributed by atoms with Crippen LogP contribution in [0.4, 0.5) is 13.2 Å². The Bertz CT molecular complexity index is 949. The summed E-state index contributed by atoms with van der Waals surface area (Å²) in [7, 11) is 0. The number of hydrogen-bond acceptors (Lipinski definition) is 8. The van der Waals surface area contributed by atoms with Crippen LogP contribution in [0.1, 0.15) is 18.4 Å². The molecule has 1 aromatic carbocycles. The number of alkyl halides is 3. The highest BCUT2D eigenvalue weighted by atomic mass is 32.2. The number of nitrogens with zero attached hydrogens (tertiary/aromatic N) is 2. The summed E-state index contributed by atoms with van der Waals surface area (Å²) in [6.45, 7) is -0.0439. The Kier molecular flexibility index (Phi) is 9.99. The molecule has 1 aliphatic rings. The third kappa shape index (κ3) is 8.96. The Morgan fingerprint density at radius 2 is 1.78 bits per heavy atom. The van der Waals surface area contributed by atoms with Crippen LogP contribution < -0.4 is 10.3 Å². The van der Waals surface area contributed by atoms with Crippen LogP contribution in [0.2, 0.25) is 0 Å². The zero-order valence-electron chi connectivity index (χ0n) is 16.8. The van der Waals surface area contributed by atoms with Gasteiger partial charge in [0.25, 0.3) is 0 Å². The van der Waals surface area contributed by atoms with E-state index in [2.05, 4.69) is 19.2 Å². The summed E-state index contributed by atoms with van der Waals surface area (Å²) in [5.74, 6) is -0.0790. The lowest BCUT2D eigenvalue weighted by molar-refractivity contribution is -0.192. The maximum absolute atomic E-state index is 12.9. The van der Waals surface area contributed by atoms with Crippen LogP contribution in [0.25, 0.3) is 0 Å². The van der Waals surface area contributed by atoms with Gasteiger partial charge in [0.05, 0.1) is 5.71 Å². The molecule has 0 amide bonds. The first-order chi connectivity index (χ1) is 15.3. The second-order valence-corrected chi connectivity index (χ2v) is 7.61. The average Bonchev–Trinajstić information content (AvgIpc) is 2.78. The summed E-state index contributed by atoms with van der Waals surface area (Å²) in [5, 5.41) is 4.17. The van der Waals surface area contributed by atoms with Crippen molar-refractivity contribution in [1.82, 2.24) is 9.29 Å². The lowest BCUT2D eigenvalue weighted by Crippen LogP contribution is -2.28. The smallest absolute Gasteiger partial charge is 0.427 e. The number of carbonyl (C=O) groups excluding carboxylic acids is 2. The van der Waals surface area contributed by atoms with Gasteiger partial charge in [0.15, 0.2) is 6.67 Å². The van der Waals surface area contributed by atoms with Gasteiger partial charge in [-0.3, -0.25) is 4.79 Å². The maximum atomic E-state index is 12.9. The standard InChI is InChI=1S/C19H20F3N3O3S.CO2/c20-13-19(21,22)28-16-2-4-17(5-3-16)29-25-9-7-15(8-10-25)24-27-12-14-1-6-18(26)23-11-14;2-1-3/h1-6,11H,7-10,12-13H2,(H,23,26);. The van der Waals surface area contributed by atoms with Crippen LogP contribution in [-0.4, -0.2) is 47.0 Å². The molecule has 0 aliphatic carbocycles. The Balaban J connectivity index is 0.00000114. The number of aromatic nitrogens is 1. The average molecular weight is 471 g/mol. The topological polar surface area (TPSA) is 101 Å². The minimum Gasteiger partial charge on any atom is -0.431 e. The molecule has 1 aliphatic heterocycles. The molecule has 1 fully saturated rings. The van der Waals surface area contributed by atoms with Crippen molar-refractivity contribution < 1.29 is 32.3 Å². The molecule has 172 valence electrons. The van der Waals surface area contributed by atoms with Gasteiger partial charge in [-0.05, 0) is 42.3 Å². The first-order valence-corrected chi connectivity index (χ1v) is 10.1. The molecule has 12 heteroatoms. The highest BCUT2D eigenvalue weighted by Crippen LogP contribution is 2.29. The van der Waals surface area contributed by atoms with Gasteiger partial charge in [-0.25, -0.2) is 8.70 Å². The van der Waals surface area contributed by atoms with E-state index >= 15 is 0 Å². The molecule has 0 bridgehead atoms. The van der Waals surface area contributed by atoms with Gasteiger partial charge < -0.3 is 14.6 Å². The third-order valence-corrected chi connectivity index (χ3v) is 5.16. The van der Waals surface area contributed by atoms with Crippen molar-refractivity contribution in [2.24, 2.45) is 5.16 Å². The maximum Gasteiger partial charge on any atom is 0.427 e. The van der Waals surface area contributed by atoms with Crippen LogP contribution in [0.15, 0.2) is 57.4 Å². The normalized spacial score (nSPS) is 14.0. The molecule has 1 aromatic heterocycles. The number of ether oxygens (including phenoxy) is 1. The van der Waals surface area contributed by atoms with E-state index in [4.69, 9.17) is 14.4 Å². The largest absolute Gasteiger partial charge is 0.431 e. The second-order valence-electron chi connectivity index (χ2n) is 6.44. The zero-order chi connectivity index (χ0) is 23.4. The monoisotopic (exact) mass is 471 g/mol. The number of benzene rings is 1. The van der Waals surface area contributed by atoms with Gasteiger partial charge in [-0.15, -0.1) is 0 Å². The van der Waals surface area contributed by atoms with Crippen LogP contribution in [0.5, 0.6) is 5.75 Å². The van der Waals surface area contributed by atoms with E-state index < -0.39 is 12.8 Å². The molecule has 2 heterocycles. The fourth-order valence-electron chi connectivity index (χ4n) is 2.57. The second kappa shape index (κ2) is 12.7. The van der Waals surface area contributed by atoms with Crippen molar-refractivity contribution in [3.63, 3.8) is 0 Å². The minimum absolute atomic E-state index is 0.0790. The van der Waals surface area contributed by atoms with E-state index in [1.807, 2.05) is 0 Å². The molecule has 0 radical (unpaired) electrons. The predicted octanol–water partition coefficient (Wildman–Crippen LogP) is 3.41. The van der Waals surface area contributed by atoms with Gasteiger partial charge in [0.1, 0.15) is 12.4 Å².